The smallest absolute Gasteiger partial charge is 0.259 e. The molecule has 0 saturated carbocycles. The lowest BCUT2D eigenvalue weighted by molar-refractivity contribution is -0.0171. The summed E-state index contributed by atoms with van der Waals surface area (Å²) in [6.07, 6.45) is -2.69. The second-order valence-corrected chi connectivity index (χ2v) is 7.69. The highest BCUT2D eigenvalue weighted by atomic mass is 32.2. The highest BCUT2D eigenvalue weighted by Gasteiger charge is 2.43. The summed E-state index contributed by atoms with van der Waals surface area (Å²) >= 11 is 5.15. The summed E-state index contributed by atoms with van der Waals surface area (Å²) in [5.74, 6) is 0.101. The fraction of sp³-hybridized carbons (Fsp3) is 0.909. The molecule has 0 bridgehead atoms. The van der Waals surface area contributed by atoms with Crippen LogP contribution in [-0.4, -0.2) is 84.3 Å². The topological polar surface area (TPSA) is 96.3 Å². The van der Waals surface area contributed by atoms with Crippen LogP contribution in [0.4, 0.5) is 0 Å². The fourth-order valence-electron chi connectivity index (χ4n) is 2.33. The Bertz CT molecular complexity index is 454. The van der Waals surface area contributed by atoms with Gasteiger partial charge in [-0.05, 0) is 19.1 Å². The molecule has 7 nitrogen and oxygen atoms in total. The van der Waals surface area contributed by atoms with Gasteiger partial charge in [0.05, 0.1) is 24.2 Å². The summed E-state index contributed by atoms with van der Waals surface area (Å²) in [6.45, 7) is 2.03. The van der Waals surface area contributed by atoms with Crippen LogP contribution in [0.1, 0.15) is 6.92 Å². The van der Waals surface area contributed by atoms with E-state index in [2.05, 4.69) is 0 Å². The highest BCUT2D eigenvalue weighted by Crippen LogP contribution is 2.24. The zero-order chi connectivity index (χ0) is 14.9. The van der Waals surface area contributed by atoms with Crippen molar-refractivity contribution in [2.45, 2.75) is 31.3 Å². The Balaban J connectivity index is 1.92. The Hall–Kier alpha value is -0.480. The van der Waals surface area contributed by atoms with Crippen LogP contribution in [0.5, 0.6) is 0 Å². The first-order chi connectivity index (χ1) is 9.34. The van der Waals surface area contributed by atoms with E-state index in [1.54, 1.807) is 11.8 Å². The molecule has 2 heterocycles. The van der Waals surface area contributed by atoms with E-state index in [4.69, 9.17) is 26.8 Å². The number of aliphatic hydroxyl groups is 2. The summed E-state index contributed by atoms with van der Waals surface area (Å²) in [5.41, 5.74) is 0. The molecule has 20 heavy (non-hydrogen) atoms. The molecule has 9 heteroatoms. The summed E-state index contributed by atoms with van der Waals surface area (Å²) in [4.78, 5) is 1.67. The molecule has 2 N–H and O–H groups in total. The van der Waals surface area contributed by atoms with Gasteiger partial charge in [-0.3, -0.25) is 0 Å². The molecule has 2 aliphatic rings. The van der Waals surface area contributed by atoms with Crippen molar-refractivity contribution in [3.63, 3.8) is 0 Å². The van der Waals surface area contributed by atoms with Gasteiger partial charge in [-0.15, -0.1) is 0 Å². The van der Waals surface area contributed by atoms with Gasteiger partial charge in [0.2, 0.25) is 0 Å². The van der Waals surface area contributed by atoms with E-state index in [1.807, 2.05) is 0 Å². The van der Waals surface area contributed by atoms with Crippen LogP contribution in [-0.2, 0) is 19.3 Å². The van der Waals surface area contributed by atoms with Crippen LogP contribution in [0, 0.1) is 0 Å². The maximum atomic E-state index is 11.4. The van der Waals surface area contributed by atoms with Gasteiger partial charge in [-0.25, -0.2) is 8.42 Å². The van der Waals surface area contributed by atoms with Gasteiger partial charge in [0.1, 0.15) is 12.2 Å². The quantitative estimate of drug-likeness (QED) is 0.594. The number of hydrogen-bond acceptors (Lipinski definition) is 7. The van der Waals surface area contributed by atoms with E-state index < -0.39 is 34.3 Å². The molecular weight excluding hydrogens is 306 g/mol. The monoisotopic (exact) mass is 325 g/mol. The Morgan fingerprint density at radius 3 is 2.55 bits per heavy atom. The molecule has 4 unspecified atom stereocenters. The number of thiocarbonyl (C=S) groups is 1. The van der Waals surface area contributed by atoms with Gasteiger partial charge in [-0.2, -0.15) is 0 Å². The SMILES string of the molecule is CC1OC(CO)C(O)C1OC(=S)N1CCS(=O)(=O)CC1. The standard InChI is InChI=1S/C11H19NO6S2/c1-7-10(9(14)8(6-13)17-7)18-11(19)12-2-4-20(15,16)5-3-12/h7-10,13-14H,2-6H2,1H3. The molecule has 0 aliphatic carbocycles. The van der Waals surface area contributed by atoms with Crippen LogP contribution >= 0.6 is 12.2 Å². The van der Waals surface area contributed by atoms with Gasteiger partial charge >= 0.3 is 0 Å². The average Bonchev–Trinajstić information content (AvgIpc) is 2.66. The Kier molecular flexibility index (Phi) is 4.85. The number of sulfone groups is 1. The molecule has 2 fully saturated rings. The summed E-state index contributed by atoms with van der Waals surface area (Å²) in [5, 5.41) is 19.2. The third kappa shape index (κ3) is 3.40. The van der Waals surface area contributed by atoms with Crippen molar-refractivity contribution < 1.29 is 28.1 Å². The minimum atomic E-state index is -2.97. The Labute approximate surface area is 123 Å². The van der Waals surface area contributed by atoms with Crippen LogP contribution in [0.25, 0.3) is 0 Å². The Morgan fingerprint density at radius 2 is 2.05 bits per heavy atom. The van der Waals surface area contributed by atoms with Crippen molar-refractivity contribution in [2.75, 3.05) is 31.2 Å². The number of hydrogen-bond donors (Lipinski definition) is 2. The number of aliphatic hydroxyl groups excluding tert-OH is 2. The van der Waals surface area contributed by atoms with E-state index in [0.29, 0.717) is 13.1 Å². The summed E-state index contributed by atoms with van der Waals surface area (Å²) in [7, 11) is -2.97. The highest BCUT2D eigenvalue weighted by molar-refractivity contribution is 7.91. The second-order valence-electron chi connectivity index (χ2n) is 5.04. The van der Waals surface area contributed by atoms with Crippen molar-refractivity contribution in [1.82, 2.24) is 4.90 Å². The molecule has 0 aromatic carbocycles. The van der Waals surface area contributed by atoms with Crippen LogP contribution in [0.2, 0.25) is 0 Å². The second kappa shape index (κ2) is 6.10. The first-order valence-electron chi connectivity index (χ1n) is 6.44. The van der Waals surface area contributed by atoms with Gasteiger partial charge in [0, 0.05) is 13.1 Å². The predicted octanol–water partition coefficient (Wildman–Crippen LogP) is -1.47. The van der Waals surface area contributed by atoms with Crippen molar-refractivity contribution in [3.05, 3.63) is 0 Å². The predicted molar refractivity (Wildman–Crippen MR) is 75.1 cm³/mol. The molecule has 116 valence electrons. The van der Waals surface area contributed by atoms with Gasteiger partial charge < -0.3 is 24.6 Å². The minimum Gasteiger partial charge on any atom is -0.462 e. The molecule has 2 saturated heterocycles. The summed E-state index contributed by atoms with van der Waals surface area (Å²) in [6, 6.07) is 0. The van der Waals surface area contributed by atoms with Crippen LogP contribution < -0.4 is 0 Å². The Morgan fingerprint density at radius 1 is 1.45 bits per heavy atom. The zero-order valence-corrected chi connectivity index (χ0v) is 12.8. The van der Waals surface area contributed by atoms with Crippen LogP contribution in [0.3, 0.4) is 0 Å². The van der Waals surface area contributed by atoms with Crippen molar-refractivity contribution in [2.24, 2.45) is 0 Å². The van der Waals surface area contributed by atoms with Gasteiger partial charge in [0.25, 0.3) is 5.17 Å². The molecule has 0 amide bonds. The lowest BCUT2D eigenvalue weighted by Crippen LogP contribution is -2.47. The number of nitrogens with zero attached hydrogens (tertiary/aromatic N) is 1. The number of rotatable bonds is 2. The molecule has 0 spiro atoms. The van der Waals surface area contributed by atoms with Gasteiger partial charge in [-0.1, -0.05) is 0 Å². The van der Waals surface area contributed by atoms with E-state index >= 15 is 0 Å². The van der Waals surface area contributed by atoms with Crippen LogP contribution in [0.15, 0.2) is 0 Å². The largest absolute Gasteiger partial charge is 0.462 e. The lowest BCUT2D eigenvalue weighted by Gasteiger charge is -2.31. The minimum absolute atomic E-state index is 0.0506. The normalized spacial score (nSPS) is 36.9. The molecule has 2 rings (SSSR count). The fourth-order valence-corrected chi connectivity index (χ4v) is 3.82. The first-order valence-corrected chi connectivity index (χ1v) is 8.67. The third-order valence-corrected chi connectivity index (χ3v) is 5.55. The molecule has 0 aromatic heterocycles. The molecule has 2 aliphatic heterocycles. The van der Waals surface area contributed by atoms with E-state index in [1.165, 1.54) is 0 Å². The van der Waals surface area contributed by atoms with Crippen molar-refractivity contribution in [3.8, 4) is 0 Å². The molecular formula is C11H19NO6S2. The number of ether oxygens (including phenoxy) is 2. The third-order valence-electron chi connectivity index (χ3n) is 3.59. The molecule has 0 aromatic rings. The molecule has 4 atom stereocenters. The van der Waals surface area contributed by atoms with E-state index in [9.17, 15) is 13.5 Å². The van der Waals surface area contributed by atoms with Gasteiger partial charge in [0.15, 0.2) is 15.9 Å². The average molecular weight is 325 g/mol. The van der Waals surface area contributed by atoms with E-state index in [-0.39, 0.29) is 23.3 Å². The first kappa shape index (κ1) is 15.9. The van der Waals surface area contributed by atoms with Crippen molar-refractivity contribution in [1.29, 1.82) is 0 Å². The molecule has 0 radical (unpaired) electrons. The maximum absolute atomic E-state index is 11.4. The lowest BCUT2D eigenvalue weighted by atomic mass is 10.1. The van der Waals surface area contributed by atoms with Crippen molar-refractivity contribution >= 4 is 27.2 Å². The zero-order valence-electron chi connectivity index (χ0n) is 11.1. The van der Waals surface area contributed by atoms with E-state index in [0.717, 1.165) is 0 Å². The summed E-state index contributed by atoms with van der Waals surface area (Å²) < 4.78 is 33.6. The maximum Gasteiger partial charge on any atom is 0.259 e.